The van der Waals surface area contributed by atoms with Crippen molar-refractivity contribution in [2.75, 3.05) is 0 Å². The van der Waals surface area contributed by atoms with Crippen molar-refractivity contribution in [1.82, 2.24) is 0 Å². The Morgan fingerprint density at radius 2 is 1.86 bits per heavy atom. The van der Waals surface area contributed by atoms with Crippen molar-refractivity contribution in [2.45, 2.75) is 24.3 Å². The molecule has 0 amide bonds. The molecule has 1 fully saturated rings. The third-order valence-corrected chi connectivity index (χ3v) is 2.49. The SMILES string of the molecule is CC1SC(C)C1=O. The molecule has 2 unspecified atom stereocenters. The summed E-state index contributed by atoms with van der Waals surface area (Å²) in [7, 11) is 0. The summed E-state index contributed by atoms with van der Waals surface area (Å²) in [6.45, 7) is 3.90. The molecular formula is C5H8OS. The molecule has 0 spiro atoms. The van der Waals surface area contributed by atoms with E-state index in [2.05, 4.69) is 0 Å². The molecule has 0 aromatic rings. The lowest BCUT2D eigenvalue weighted by molar-refractivity contribution is -0.118. The molecule has 0 radical (unpaired) electrons. The summed E-state index contributed by atoms with van der Waals surface area (Å²) in [5, 5.41) is 0.574. The van der Waals surface area contributed by atoms with Crippen molar-refractivity contribution in [2.24, 2.45) is 0 Å². The monoisotopic (exact) mass is 116 g/mol. The lowest BCUT2D eigenvalue weighted by atomic mass is 10.2. The van der Waals surface area contributed by atoms with Gasteiger partial charge in [-0.15, -0.1) is 11.8 Å². The maximum Gasteiger partial charge on any atom is 0.158 e. The zero-order valence-electron chi connectivity index (χ0n) is 4.47. The molecule has 1 nitrogen and oxygen atoms in total. The molecule has 7 heavy (non-hydrogen) atoms. The second-order valence-corrected chi connectivity index (χ2v) is 3.51. The van der Waals surface area contributed by atoms with Crippen LogP contribution in [-0.4, -0.2) is 16.3 Å². The Hall–Kier alpha value is 0.0200. The van der Waals surface area contributed by atoms with Gasteiger partial charge in [-0.25, -0.2) is 0 Å². The van der Waals surface area contributed by atoms with Crippen LogP contribution in [0.2, 0.25) is 0 Å². The van der Waals surface area contributed by atoms with Crippen LogP contribution in [-0.2, 0) is 4.79 Å². The van der Waals surface area contributed by atoms with Crippen molar-refractivity contribution < 1.29 is 4.79 Å². The summed E-state index contributed by atoms with van der Waals surface area (Å²) in [6.07, 6.45) is 0. The molecule has 0 aliphatic carbocycles. The fourth-order valence-corrected chi connectivity index (χ4v) is 1.76. The fraction of sp³-hybridized carbons (Fsp3) is 0.800. The van der Waals surface area contributed by atoms with E-state index in [1.165, 1.54) is 0 Å². The van der Waals surface area contributed by atoms with E-state index in [1.54, 1.807) is 11.8 Å². The molecule has 1 aliphatic heterocycles. The van der Waals surface area contributed by atoms with E-state index < -0.39 is 0 Å². The molecule has 0 N–H and O–H groups in total. The van der Waals surface area contributed by atoms with Crippen LogP contribution in [0.15, 0.2) is 0 Å². The van der Waals surface area contributed by atoms with Gasteiger partial charge in [0, 0.05) is 0 Å². The van der Waals surface area contributed by atoms with Crippen LogP contribution in [0, 0.1) is 0 Å². The Kier molecular flexibility index (Phi) is 1.11. The highest BCUT2D eigenvalue weighted by Crippen LogP contribution is 2.31. The van der Waals surface area contributed by atoms with E-state index >= 15 is 0 Å². The molecule has 1 rings (SSSR count). The van der Waals surface area contributed by atoms with Gasteiger partial charge in [0.15, 0.2) is 5.78 Å². The summed E-state index contributed by atoms with van der Waals surface area (Å²) in [6, 6.07) is 0. The standard InChI is InChI=1S/C5H8OS/c1-3-5(6)4(2)7-3/h3-4H,1-2H3. The molecule has 2 atom stereocenters. The van der Waals surface area contributed by atoms with Gasteiger partial charge in [-0.1, -0.05) is 0 Å². The van der Waals surface area contributed by atoms with E-state index in [9.17, 15) is 4.79 Å². The minimum atomic E-state index is 0.287. The van der Waals surface area contributed by atoms with Crippen molar-refractivity contribution >= 4 is 17.5 Å². The number of thioether (sulfide) groups is 1. The van der Waals surface area contributed by atoms with Gasteiger partial charge in [0.2, 0.25) is 0 Å². The largest absolute Gasteiger partial charge is 0.297 e. The van der Waals surface area contributed by atoms with E-state index in [0.717, 1.165) is 0 Å². The van der Waals surface area contributed by atoms with E-state index in [0.29, 0.717) is 5.78 Å². The van der Waals surface area contributed by atoms with E-state index in [4.69, 9.17) is 0 Å². The van der Waals surface area contributed by atoms with Gasteiger partial charge in [0.25, 0.3) is 0 Å². The second kappa shape index (κ2) is 1.51. The van der Waals surface area contributed by atoms with Crippen LogP contribution >= 0.6 is 11.8 Å². The summed E-state index contributed by atoms with van der Waals surface area (Å²) in [5.74, 6) is 0.407. The number of hydrogen-bond donors (Lipinski definition) is 0. The first-order valence-corrected chi connectivity index (χ1v) is 3.35. The number of carbonyl (C=O) groups is 1. The molecule has 1 heterocycles. The zero-order chi connectivity index (χ0) is 5.44. The number of rotatable bonds is 0. The van der Waals surface area contributed by atoms with Crippen LogP contribution in [0.3, 0.4) is 0 Å². The summed E-state index contributed by atoms with van der Waals surface area (Å²) in [4.78, 5) is 10.5. The van der Waals surface area contributed by atoms with Crippen molar-refractivity contribution in [3.63, 3.8) is 0 Å². The number of hydrogen-bond acceptors (Lipinski definition) is 2. The van der Waals surface area contributed by atoms with Gasteiger partial charge in [0.05, 0.1) is 10.5 Å². The minimum absolute atomic E-state index is 0.287. The average Bonchev–Trinajstić information content (AvgIpc) is 1.68. The lowest BCUT2D eigenvalue weighted by Gasteiger charge is -2.26. The van der Waals surface area contributed by atoms with Gasteiger partial charge >= 0.3 is 0 Å². The van der Waals surface area contributed by atoms with Gasteiger partial charge in [-0.2, -0.15) is 0 Å². The quantitative estimate of drug-likeness (QED) is 0.471. The third-order valence-electron chi connectivity index (χ3n) is 1.21. The molecule has 1 aliphatic rings. The normalized spacial score (nSPS) is 40.6. The Morgan fingerprint density at radius 3 is 1.86 bits per heavy atom. The number of ketones is 1. The van der Waals surface area contributed by atoms with Crippen molar-refractivity contribution in [3.8, 4) is 0 Å². The maximum atomic E-state index is 10.5. The van der Waals surface area contributed by atoms with Gasteiger partial charge in [0.1, 0.15) is 0 Å². The predicted molar refractivity (Wildman–Crippen MR) is 31.5 cm³/mol. The Morgan fingerprint density at radius 1 is 1.43 bits per heavy atom. The molecule has 40 valence electrons. The smallest absolute Gasteiger partial charge is 0.158 e. The van der Waals surface area contributed by atoms with Gasteiger partial charge < -0.3 is 0 Å². The lowest BCUT2D eigenvalue weighted by Crippen LogP contribution is -2.35. The van der Waals surface area contributed by atoms with Gasteiger partial charge in [-0.3, -0.25) is 4.79 Å². The van der Waals surface area contributed by atoms with Crippen LogP contribution in [0.5, 0.6) is 0 Å². The Labute approximate surface area is 47.5 Å². The van der Waals surface area contributed by atoms with Gasteiger partial charge in [-0.05, 0) is 13.8 Å². The zero-order valence-corrected chi connectivity index (χ0v) is 5.29. The highest BCUT2D eigenvalue weighted by atomic mass is 32.2. The van der Waals surface area contributed by atoms with Crippen molar-refractivity contribution in [3.05, 3.63) is 0 Å². The minimum Gasteiger partial charge on any atom is -0.297 e. The van der Waals surface area contributed by atoms with Crippen LogP contribution in [0.25, 0.3) is 0 Å². The van der Waals surface area contributed by atoms with Crippen LogP contribution < -0.4 is 0 Å². The van der Waals surface area contributed by atoms with Crippen LogP contribution in [0.4, 0.5) is 0 Å². The molecular weight excluding hydrogens is 108 g/mol. The fourth-order valence-electron chi connectivity index (χ4n) is 0.699. The summed E-state index contributed by atoms with van der Waals surface area (Å²) < 4.78 is 0. The topological polar surface area (TPSA) is 17.1 Å². The second-order valence-electron chi connectivity index (χ2n) is 1.82. The molecule has 2 heteroatoms. The van der Waals surface area contributed by atoms with Crippen LogP contribution in [0.1, 0.15) is 13.8 Å². The summed E-state index contributed by atoms with van der Waals surface area (Å²) in [5.41, 5.74) is 0. The van der Waals surface area contributed by atoms with Crippen molar-refractivity contribution in [1.29, 1.82) is 0 Å². The molecule has 0 aromatic heterocycles. The molecule has 1 saturated heterocycles. The average molecular weight is 116 g/mol. The van der Waals surface area contributed by atoms with E-state index in [1.807, 2.05) is 13.8 Å². The molecule has 0 aromatic carbocycles. The highest BCUT2D eigenvalue weighted by Gasteiger charge is 2.32. The third kappa shape index (κ3) is 0.673. The maximum absolute atomic E-state index is 10.5. The molecule has 0 saturated carbocycles. The Bertz CT molecular complexity index is 90.3. The first-order valence-electron chi connectivity index (χ1n) is 2.41. The number of carbonyl (C=O) groups excluding carboxylic acids is 1. The number of Topliss-reactive ketones (excluding diaryl/α,β-unsaturated/α-hetero) is 1. The Balaban J connectivity index is 2.44. The van der Waals surface area contributed by atoms with E-state index in [-0.39, 0.29) is 10.5 Å². The summed E-state index contributed by atoms with van der Waals surface area (Å²) >= 11 is 1.74. The first kappa shape index (κ1) is 5.16. The first-order chi connectivity index (χ1) is 3.22. The predicted octanol–water partition coefficient (Wildman–Crippen LogP) is 1.08. The highest BCUT2D eigenvalue weighted by molar-refractivity contribution is 8.04. The molecule has 0 bridgehead atoms.